The zero-order valence-corrected chi connectivity index (χ0v) is 11.9. The Morgan fingerprint density at radius 3 is 2.59 bits per heavy atom. The molecule has 1 atom stereocenters. The first-order valence-corrected chi connectivity index (χ1v) is 6.70. The zero-order valence-electron chi connectivity index (χ0n) is 10.3. The van der Waals surface area contributed by atoms with Crippen LogP contribution in [-0.4, -0.2) is 18.5 Å². The Hall–Kier alpha value is -1.03. The summed E-state index contributed by atoms with van der Waals surface area (Å²) in [6, 6.07) is 8.17. The molecule has 0 saturated heterocycles. The minimum Gasteiger partial charge on any atom is -0.385 e. The summed E-state index contributed by atoms with van der Waals surface area (Å²) >= 11 is 3.38. The Morgan fingerprint density at radius 1 is 1.35 bits per heavy atom. The van der Waals surface area contributed by atoms with Crippen LogP contribution in [0.5, 0.6) is 0 Å². The van der Waals surface area contributed by atoms with Gasteiger partial charge in [0.1, 0.15) is 0 Å². The van der Waals surface area contributed by atoms with Gasteiger partial charge in [0.15, 0.2) is 0 Å². The molecule has 2 N–H and O–H groups in total. The van der Waals surface area contributed by atoms with Crippen molar-refractivity contribution in [3.63, 3.8) is 0 Å². The van der Waals surface area contributed by atoms with E-state index in [0.717, 1.165) is 16.6 Å². The molecule has 1 rings (SSSR count). The van der Waals surface area contributed by atoms with Gasteiger partial charge in [0, 0.05) is 29.2 Å². The molecule has 1 amide bonds. The highest BCUT2D eigenvalue weighted by atomic mass is 79.9. The highest BCUT2D eigenvalue weighted by Gasteiger charge is 2.04. The fourth-order valence-corrected chi connectivity index (χ4v) is 1.60. The number of carbonyl (C=O) groups excluding carboxylic acids is 1. The maximum atomic E-state index is 11.5. The molecule has 0 bridgehead atoms. The first kappa shape index (κ1) is 14.0. The Morgan fingerprint density at radius 2 is 2.00 bits per heavy atom. The maximum Gasteiger partial charge on any atom is 0.221 e. The topological polar surface area (TPSA) is 41.1 Å². The number of benzene rings is 1. The summed E-state index contributed by atoms with van der Waals surface area (Å²) in [7, 11) is 0. The van der Waals surface area contributed by atoms with Gasteiger partial charge in [0.2, 0.25) is 5.91 Å². The second kappa shape index (κ2) is 7.33. The molecule has 0 aliphatic rings. The highest BCUT2D eigenvalue weighted by Crippen LogP contribution is 2.13. The number of hydrogen-bond acceptors (Lipinski definition) is 2. The summed E-state index contributed by atoms with van der Waals surface area (Å²) in [5.41, 5.74) is 1.03. The molecule has 3 nitrogen and oxygen atoms in total. The third-order valence-corrected chi connectivity index (χ3v) is 3.07. The summed E-state index contributed by atoms with van der Waals surface area (Å²) in [5, 5.41) is 6.15. The van der Waals surface area contributed by atoms with E-state index in [0.29, 0.717) is 13.0 Å². The normalized spacial score (nSPS) is 11.9. The van der Waals surface area contributed by atoms with Gasteiger partial charge in [-0.2, -0.15) is 0 Å². The maximum absolute atomic E-state index is 11.5. The highest BCUT2D eigenvalue weighted by molar-refractivity contribution is 9.10. The van der Waals surface area contributed by atoms with Crippen LogP contribution in [0, 0.1) is 0 Å². The SMILES string of the molecule is CCC(C)NC(=O)CCNc1ccc(Br)cc1. The fourth-order valence-electron chi connectivity index (χ4n) is 1.34. The van der Waals surface area contributed by atoms with Gasteiger partial charge < -0.3 is 10.6 Å². The van der Waals surface area contributed by atoms with E-state index in [1.54, 1.807) is 0 Å². The van der Waals surface area contributed by atoms with Gasteiger partial charge in [-0.3, -0.25) is 4.79 Å². The summed E-state index contributed by atoms with van der Waals surface area (Å²) in [6.07, 6.45) is 1.46. The van der Waals surface area contributed by atoms with Crippen LogP contribution in [0.25, 0.3) is 0 Å². The molecule has 0 aliphatic heterocycles. The van der Waals surface area contributed by atoms with Crippen molar-refractivity contribution in [3.05, 3.63) is 28.7 Å². The number of carbonyl (C=O) groups is 1. The van der Waals surface area contributed by atoms with E-state index in [1.807, 2.05) is 31.2 Å². The quantitative estimate of drug-likeness (QED) is 0.847. The third-order valence-electron chi connectivity index (χ3n) is 2.55. The summed E-state index contributed by atoms with van der Waals surface area (Å²) < 4.78 is 1.05. The first-order valence-electron chi connectivity index (χ1n) is 5.90. The lowest BCUT2D eigenvalue weighted by atomic mass is 10.2. The molecule has 1 unspecified atom stereocenters. The van der Waals surface area contributed by atoms with Crippen LogP contribution < -0.4 is 10.6 Å². The fraction of sp³-hybridized carbons (Fsp3) is 0.462. The molecule has 0 spiro atoms. The van der Waals surface area contributed by atoms with E-state index in [2.05, 4.69) is 33.5 Å². The Balaban J connectivity index is 2.23. The van der Waals surface area contributed by atoms with Gasteiger partial charge in [-0.25, -0.2) is 0 Å². The van der Waals surface area contributed by atoms with Gasteiger partial charge in [-0.15, -0.1) is 0 Å². The van der Waals surface area contributed by atoms with Crippen molar-refractivity contribution in [2.45, 2.75) is 32.7 Å². The Labute approximate surface area is 111 Å². The number of halogens is 1. The molecule has 0 aromatic heterocycles. The smallest absolute Gasteiger partial charge is 0.221 e. The summed E-state index contributed by atoms with van der Waals surface area (Å²) in [4.78, 5) is 11.5. The second-order valence-electron chi connectivity index (χ2n) is 4.06. The van der Waals surface area contributed by atoms with E-state index in [4.69, 9.17) is 0 Å². The van der Waals surface area contributed by atoms with Crippen molar-refractivity contribution < 1.29 is 4.79 Å². The van der Waals surface area contributed by atoms with E-state index >= 15 is 0 Å². The number of hydrogen-bond donors (Lipinski definition) is 2. The molecular weight excluding hydrogens is 280 g/mol. The lowest BCUT2D eigenvalue weighted by Gasteiger charge is -2.11. The van der Waals surface area contributed by atoms with Crippen LogP contribution in [0.4, 0.5) is 5.69 Å². The molecule has 1 aromatic rings. The molecule has 0 aliphatic carbocycles. The van der Waals surface area contributed by atoms with Crippen molar-refractivity contribution in [1.82, 2.24) is 5.32 Å². The largest absolute Gasteiger partial charge is 0.385 e. The molecule has 94 valence electrons. The lowest BCUT2D eigenvalue weighted by molar-refractivity contribution is -0.121. The molecular formula is C13H19BrN2O. The van der Waals surface area contributed by atoms with Gasteiger partial charge >= 0.3 is 0 Å². The van der Waals surface area contributed by atoms with Crippen LogP contribution in [0.1, 0.15) is 26.7 Å². The van der Waals surface area contributed by atoms with Gasteiger partial charge in [0.05, 0.1) is 0 Å². The number of amides is 1. The van der Waals surface area contributed by atoms with Gasteiger partial charge in [-0.05, 0) is 37.6 Å². The zero-order chi connectivity index (χ0) is 12.7. The summed E-state index contributed by atoms with van der Waals surface area (Å²) in [6.45, 7) is 4.73. The van der Waals surface area contributed by atoms with Crippen molar-refractivity contribution in [2.75, 3.05) is 11.9 Å². The molecule has 0 heterocycles. The van der Waals surface area contributed by atoms with E-state index in [1.165, 1.54) is 0 Å². The van der Waals surface area contributed by atoms with Crippen LogP contribution in [-0.2, 0) is 4.79 Å². The average Bonchev–Trinajstić information content (AvgIpc) is 2.31. The monoisotopic (exact) mass is 298 g/mol. The van der Waals surface area contributed by atoms with Crippen molar-refractivity contribution >= 4 is 27.5 Å². The number of nitrogens with one attached hydrogen (secondary N) is 2. The van der Waals surface area contributed by atoms with Crippen molar-refractivity contribution in [3.8, 4) is 0 Å². The Kier molecular flexibility index (Phi) is 6.05. The van der Waals surface area contributed by atoms with Crippen molar-refractivity contribution in [1.29, 1.82) is 0 Å². The van der Waals surface area contributed by atoms with E-state index in [-0.39, 0.29) is 11.9 Å². The molecule has 0 fully saturated rings. The number of rotatable bonds is 6. The van der Waals surface area contributed by atoms with E-state index in [9.17, 15) is 4.79 Å². The summed E-state index contributed by atoms with van der Waals surface area (Å²) in [5.74, 6) is 0.101. The van der Waals surface area contributed by atoms with Crippen LogP contribution in [0.3, 0.4) is 0 Å². The third kappa shape index (κ3) is 5.73. The van der Waals surface area contributed by atoms with Crippen LogP contribution in [0.15, 0.2) is 28.7 Å². The van der Waals surface area contributed by atoms with Gasteiger partial charge in [0.25, 0.3) is 0 Å². The minimum absolute atomic E-state index is 0.101. The molecule has 1 aromatic carbocycles. The van der Waals surface area contributed by atoms with Gasteiger partial charge in [-0.1, -0.05) is 22.9 Å². The van der Waals surface area contributed by atoms with Crippen molar-refractivity contribution in [2.24, 2.45) is 0 Å². The second-order valence-corrected chi connectivity index (χ2v) is 4.98. The molecule has 4 heteroatoms. The van der Waals surface area contributed by atoms with Crippen LogP contribution >= 0.6 is 15.9 Å². The lowest BCUT2D eigenvalue weighted by Crippen LogP contribution is -2.32. The Bertz CT molecular complexity index is 351. The number of anilines is 1. The molecule has 17 heavy (non-hydrogen) atoms. The standard InChI is InChI=1S/C13H19BrN2O/c1-3-10(2)16-13(17)8-9-15-12-6-4-11(14)5-7-12/h4-7,10,15H,3,8-9H2,1-2H3,(H,16,17). The minimum atomic E-state index is 0.101. The predicted octanol–water partition coefficient (Wildman–Crippen LogP) is 3.17. The molecule has 0 radical (unpaired) electrons. The predicted molar refractivity (Wildman–Crippen MR) is 75.1 cm³/mol. The average molecular weight is 299 g/mol. The first-order chi connectivity index (χ1) is 8.11. The van der Waals surface area contributed by atoms with E-state index < -0.39 is 0 Å². The molecule has 0 saturated carbocycles. The van der Waals surface area contributed by atoms with Crippen LogP contribution in [0.2, 0.25) is 0 Å².